The molecule has 2 unspecified atom stereocenters. The van der Waals surface area contributed by atoms with Gasteiger partial charge in [0.2, 0.25) is 5.91 Å². The molecule has 0 radical (unpaired) electrons. The maximum atomic E-state index is 12.3. The SMILES string of the molecule is CC1CCC(C(N)=O)CN1C(=O)NC1CCCCC1. The summed E-state index contributed by atoms with van der Waals surface area (Å²) < 4.78 is 0. The minimum Gasteiger partial charge on any atom is -0.369 e. The van der Waals surface area contributed by atoms with Crippen LogP contribution in [0.2, 0.25) is 0 Å². The van der Waals surface area contributed by atoms with Crippen LogP contribution in [0.25, 0.3) is 0 Å². The van der Waals surface area contributed by atoms with Gasteiger partial charge in [-0.05, 0) is 32.6 Å². The summed E-state index contributed by atoms with van der Waals surface area (Å²) in [6.07, 6.45) is 7.47. The predicted molar refractivity (Wildman–Crippen MR) is 73.5 cm³/mol. The Morgan fingerprint density at radius 3 is 2.42 bits per heavy atom. The molecule has 5 heteroatoms. The zero-order chi connectivity index (χ0) is 13.8. The van der Waals surface area contributed by atoms with Gasteiger partial charge in [0.05, 0.1) is 5.92 Å². The molecule has 0 aromatic heterocycles. The standard InChI is InChI=1S/C14H25N3O2/c1-10-7-8-11(13(15)18)9-17(10)14(19)16-12-5-3-2-4-6-12/h10-12H,2-9H2,1H3,(H2,15,18)(H,16,19). The van der Waals surface area contributed by atoms with Crippen LogP contribution in [-0.4, -0.2) is 35.5 Å². The molecule has 2 fully saturated rings. The molecule has 0 aromatic rings. The van der Waals surface area contributed by atoms with E-state index in [1.807, 2.05) is 6.92 Å². The summed E-state index contributed by atoms with van der Waals surface area (Å²) in [7, 11) is 0. The van der Waals surface area contributed by atoms with E-state index in [1.165, 1.54) is 19.3 Å². The lowest BCUT2D eigenvalue weighted by Gasteiger charge is -2.38. The minimum absolute atomic E-state index is 0.0228. The maximum absolute atomic E-state index is 12.3. The molecule has 0 aromatic carbocycles. The van der Waals surface area contributed by atoms with Crippen molar-refractivity contribution in [2.24, 2.45) is 11.7 Å². The highest BCUT2D eigenvalue weighted by Crippen LogP contribution is 2.23. The third kappa shape index (κ3) is 3.61. The molecule has 19 heavy (non-hydrogen) atoms. The highest BCUT2D eigenvalue weighted by atomic mass is 16.2. The number of carbonyl (C=O) groups excluding carboxylic acids is 2. The van der Waals surface area contributed by atoms with Crippen LogP contribution < -0.4 is 11.1 Å². The molecule has 3 amide bonds. The average molecular weight is 267 g/mol. The van der Waals surface area contributed by atoms with Crippen LogP contribution in [0.5, 0.6) is 0 Å². The monoisotopic (exact) mass is 267 g/mol. The van der Waals surface area contributed by atoms with Crippen molar-refractivity contribution in [2.45, 2.75) is 64.0 Å². The second-order valence-electron chi connectivity index (χ2n) is 5.96. The molecule has 108 valence electrons. The number of primary amides is 1. The molecule has 3 N–H and O–H groups in total. The van der Waals surface area contributed by atoms with E-state index in [1.54, 1.807) is 4.90 Å². The molecule has 0 bridgehead atoms. The van der Waals surface area contributed by atoms with Gasteiger partial charge in [0, 0.05) is 18.6 Å². The highest BCUT2D eigenvalue weighted by Gasteiger charge is 2.32. The topological polar surface area (TPSA) is 75.4 Å². The van der Waals surface area contributed by atoms with E-state index in [0.717, 1.165) is 25.7 Å². The summed E-state index contributed by atoms with van der Waals surface area (Å²) in [5, 5.41) is 3.11. The maximum Gasteiger partial charge on any atom is 0.317 e. The molecule has 1 heterocycles. The number of nitrogens with one attached hydrogen (secondary N) is 1. The van der Waals surface area contributed by atoms with E-state index >= 15 is 0 Å². The van der Waals surface area contributed by atoms with Gasteiger partial charge in [-0.2, -0.15) is 0 Å². The fourth-order valence-electron chi connectivity index (χ4n) is 3.13. The molecule has 1 saturated carbocycles. The second kappa shape index (κ2) is 6.26. The number of nitrogens with zero attached hydrogens (tertiary/aromatic N) is 1. The van der Waals surface area contributed by atoms with Crippen molar-refractivity contribution >= 4 is 11.9 Å². The van der Waals surface area contributed by atoms with E-state index < -0.39 is 0 Å². The van der Waals surface area contributed by atoms with Crippen LogP contribution in [0.4, 0.5) is 4.79 Å². The average Bonchev–Trinajstić information content (AvgIpc) is 2.40. The van der Waals surface area contributed by atoms with Gasteiger partial charge < -0.3 is 16.0 Å². The molecule has 2 atom stereocenters. The first kappa shape index (κ1) is 14.2. The number of amides is 3. The second-order valence-corrected chi connectivity index (χ2v) is 5.96. The zero-order valence-corrected chi connectivity index (χ0v) is 11.7. The summed E-state index contributed by atoms with van der Waals surface area (Å²) >= 11 is 0. The lowest BCUT2D eigenvalue weighted by Crippen LogP contribution is -2.54. The van der Waals surface area contributed by atoms with Crippen molar-refractivity contribution in [1.29, 1.82) is 0 Å². The van der Waals surface area contributed by atoms with Crippen LogP contribution in [-0.2, 0) is 4.79 Å². The summed E-state index contributed by atoms with van der Waals surface area (Å²) in [5.74, 6) is -0.476. The van der Waals surface area contributed by atoms with Crippen LogP contribution in [0, 0.1) is 5.92 Å². The first-order valence-corrected chi connectivity index (χ1v) is 7.44. The third-order valence-electron chi connectivity index (χ3n) is 4.48. The smallest absolute Gasteiger partial charge is 0.317 e. The minimum atomic E-state index is -0.289. The Morgan fingerprint density at radius 2 is 1.79 bits per heavy atom. The zero-order valence-electron chi connectivity index (χ0n) is 11.7. The Morgan fingerprint density at radius 1 is 1.11 bits per heavy atom. The van der Waals surface area contributed by atoms with Crippen LogP contribution in [0.15, 0.2) is 0 Å². The summed E-state index contributed by atoms with van der Waals surface area (Å²) in [4.78, 5) is 25.4. The third-order valence-corrected chi connectivity index (χ3v) is 4.48. The van der Waals surface area contributed by atoms with E-state index in [2.05, 4.69) is 5.32 Å². The van der Waals surface area contributed by atoms with Crippen molar-refractivity contribution in [2.75, 3.05) is 6.54 Å². The molecule has 2 rings (SSSR count). The predicted octanol–water partition coefficient (Wildman–Crippen LogP) is 1.61. The van der Waals surface area contributed by atoms with Crippen molar-refractivity contribution < 1.29 is 9.59 Å². The van der Waals surface area contributed by atoms with Gasteiger partial charge in [0.1, 0.15) is 0 Å². The lowest BCUT2D eigenvalue weighted by molar-refractivity contribution is -0.123. The Labute approximate surface area is 114 Å². The van der Waals surface area contributed by atoms with Gasteiger partial charge in [0.15, 0.2) is 0 Å². The van der Waals surface area contributed by atoms with Crippen molar-refractivity contribution in [3.63, 3.8) is 0 Å². The van der Waals surface area contributed by atoms with Crippen LogP contribution in [0.3, 0.4) is 0 Å². The molecular weight excluding hydrogens is 242 g/mol. The largest absolute Gasteiger partial charge is 0.369 e. The number of rotatable bonds is 2. The van der Waals surface area contributed by atoms with E-state index in [9.17, 15) is 9.59 Å². The van der Waals surface area contributed by atoms with Gasteiger partial charge in [-0.3, -0.25) is 4.79 Å². The van der Waals surface area contributed by atoms with Gasteiger partial charge in [0.25, 0.3) is 0 Å². The molecule has 0 spiro atoms. The summed E-state index contributed by atoms with van der Waals surface area (Å²) in [6.45, 7) is 2.51. The number of urea groups is 1. The normalized spacial score (nSPS) is 29.0. The summed E-state index contributed by atoms with van der Waals surface area (Å²) in [5.41, 5.74) is 5.36. The van der Waals surface area contributed by atoms with E-state index in [4.69, 9.17) is 5.73 Å². The van der Waals surface area contributed by atoms with Gasteiger partial charge >= 0.3 is 6.03 Å². The van der Waals surface area contributed by atoms with Crippen molar-refractivity contribution in [3.8, 4) is 0 Å². The molecule has 5 nitrogen and oxygen atoms in total. The molecule has 1 aliphatic heterocycles. The van der Waals surface area contributed by atoms with E-state index in [0.29, 0.717) is 12.6 Å². The van der Waals surface area contributed by atoms with Crippen molar-refractivity contribution in [1.82, 2.24) is 10.2 Å². The Balaban J connectivity index is 1.90. The van der Waals surface area contributed by atoms with Gasteiger partial charge in [-0.15, -0.1) is 0 Å². The van der Waals surface area contributed by atoms with E-state index in [-0.39, 0.29) is 23.9 Å². The number of piperidine rings is 1. The van der Waals surface area contributed by atoms with Gasteiger partial charge in [-0.25, -0.2) is 4.79 Å². The molecular formula is C14H25N3O2. The first-order valence-electron chi connectivity index (χ1n) is 7.44. The number of nitrogens with two attached hydrogens (primary N) is 1. The number of carbonyl (C=O) groups is 2. The van der Waals surface area contributed by atoms with Crippen molar-refractivity contribution in [3.05, 3.63) is 0 Å². The fraction of sp³-hybridized carbons (Fsp3) is 0.857. The molecule has 2 aliphatic rings. The highest BCUT2D eigenvalue weighted by molar-refractivity contribution is 5.79. The lowest BCUT2D eigenvalue weighted by atomic mass is 9.93. The Bertz CT molecular complexity index is 340. The fourth-order valence-corrected chi connectivity index (χ4v) is 3.13. The molecule has 1 saturated heterocycles. The Hall–Kier alpha value is -1.26. The number of likely N-dealkylation sites (tertiary alicyclic amines) is 1. The number of hydrogen-bond donors (Lipinski definition) is 2. The van der Waals surface area contributed by atoms with Gasteiger partial charge in [-0.1, -0.05) is 19.3 Å². The van der Waals surface area contributed by atoms with Crippen LogP contribution in [0.1, 0.15) is 51.9 Å². The molecule has 1 aliphatic carbocycles. The van der Waals surface area contributed by atoms with Crippen LogP contribution >= 0.6 is 0 Å². The first-order chi connectivity index (χ1) is 9.08. The number of hydrogen-bond acceptors (Lipinski definition) is 2. The Kier molecular flexibility index (Phi) is 4.66. The summed E-state index contributed by atoms with van der Waals surface area (Å²) in [6, 6.07) is 0.479. The quantitative estimate of drug-likeness (QED) is 0.797.